The monoisotopic (exact) mass is 575 g/mol. The summed E-state index contributed by atoms with van der Waals surface area (Å²) in [6, 6.07) is 15.6. The molecule has 9 heteroatoms. The number of anilines is 1. The topological polar surface area (TPSA) is 99.9 Å². The number of fused-ring (bicyclic) bond motifs is 1. The molecule has 2 heterocycles. The van der Waals surface area contributed by atoms with E-state index in [0.717, 1.165) is 51.5 Å². The van der Waals surface area contributed by atoms with Gasteiger partial charge in [-0.2, -0.15) is 10.2 Å². The normalized spacial score (nSPS) is 17.2. The van der Waals surface area contributed by atoms with E-state index in [1.165, 1.54) is 11.3 Å². The predicted molar refractivity (Wildman–Crippen MR) is 149 cm³/mol. The quantitative estimate of drug-likeness (QED) is 0.259. The first-order valence-electron chi connectivity index (χ1n) is 12.2. The number of hydrogen-bond donors (Lipinski definition) is 2. The van der Waals surface area contributed by atoms with Gasteiger partial charge in [-0.25, -0.2) is 4.98 Å². The van der Waals surface area contributed by atoms with Crippen molar-refractivity contribution in [2.75, 3.05) is 5.32 Å². The highest BCUT2D eigenvalue weighted by Crippen LogP contribution is 2.36. The molecule has 188 valence electrons. The summed E-state index contributed by atoms with van der Waals surface area (Å²) >= 11 is 4.94. The second-order valence-corrected chi connectivity index (χ2v) is 11.1. The summed E-state index contributed by atoms with van der Waals surface area (Å²) in [5, 5.41) is 17.9. The maximum Gasteiger partial charge on any atom is 0.251 e. The van der Waals surface area contributed by atoms with Crippen LogP contribution in [0, 0.1) is 25.2 Å². The van der Waals surface area contributed by atoms with Crippen molar-refractivity contribution < 1.29 is 9.53 Å². The third-order valence-corrected chi connectivity index (χ3v) is 7.98. The Morgan fingerprint density at radius 3 is 2.41 bits per heavy atom. The Kier molecular flexibility index (Phi) is 7.40. The van der Waals surface area contributed by atoms with Crippen molar-refractivity contribution in [2.24, 2.45) is 0 Å². The van der Waals surface area contributed by atoms with E-state index in [-0.39, 0.29) is 18.0 Å². The van der Waals surface area contributed by atoms with Gasteiger partial charge in [0.25, 0.3) is 5.91 Å². The van der Waals surface area contributed by atoms with Crippen LogP contribution in [-0.4, -0.2) is 28.0 Å². The minimum absolute atomic E-state index is 0.0367. The average Bonchev–Trinajstić information content (AvgIpc) is 3.36. The number of thiophene rings is 1. The second kappa shape index (κ2) is 10.9. The SMILES string of the molecule is Cc1cc(C#N)cc(C)c1Oc1nc(NC2CCC(NC(=O)c3ccc(Br)cc3)CC2)nc2ccsc12. The van der Waals surface area contributed by atoms with E-state index in [1.54, 1.807) is 0 Å². The molecule has 5 rings (SSSR count). The van der Waals surface area contributed by atoms with Crippen LogP contribution in [0.1, 0.15) is 52.7 Å². The van der Waals surface area contributed by atoms with E-state index in [2.05, 4.69) is 32.6 Å². The van der Waals surface area contributed by atoms with E-state index in [1.807, 2.05) is 61.7 Å². The van der Waals surface area contributed by atoms with Crippen LogP contribution in [0.15, 0.2) is 52.3 Å². The first-order valence-corrected chi connectivity index (χ1v) is 13.8. The molecule has 0 saturated heterocycles. The molecule has 1 aliphatic carbocycles. The molecule has 0 unspecified atom stereocenters. The van der Waals surface area contributed by atoms with Crippen LogP contribution in [0.2, 0.25) is 0 Å². The van der Waals surface area contributed by atoms with Crippen molar-refractivity contribution in [3.8, 4) is 17.7 Å². The molecule has 0 radical (unpaired) electrons. The summed E-state index contributed by atoms with van der Waals surface area (Å²) < 4.78 is 8.15. The van der Waals surface area contributed by atoms with E-state index < -0.39 is 0 Å². The molecule has 2 N–H and O–H groups in total. The van der Waals surface area contributed by atoms with Gasteiger partial charge in [-0.05, 0) is 98.5 Å². The molecule has 1 fully saturated rings. The van der Waals surface area contributed by atoms with Gasteiger partial charge >= 0.3 is 0 Å². The van der Waals surface area contributed by atoms with E-state index in [0.29, 0.717) is 28.7 Å². The Morgan fingerprint density at radius 2 is 1.73 bits per heavy atom. The van der Waals surface area contributed by atoms with Gasteiger partial charge in [0.15, 0.2) is 0 Å². The number of amides is 1. The number of ether oxygens (including phenoxy) is 1. The van der Waals surface area contributed by atoms with Crippen molar-refractivity contribution >= 4 is 49.3 Å². The number of halogens is 1. The molecule has 1 amide bonds. The average molecular weight is 577 g/mol. The Balaban J connectivity index is 1.26. The highest BCUT2D eigenvalue weighted by atomic mass is 79.9. The summed E-state index contributed by atoms with van der Waals surface area (Å²) in [5.74, 6) is 1.71. The van der Waals surface area contributed by atoms with Crippen molar-refractivity contribution in [1.29, 1.82) is 5.26 Å². The zero-order valence-corrected chi connectivity index (χ0v) is 22.9. The number of hydrogen-bond acceptors (Lipinski definition) is 7. The number of rotatable bonds is 6. The standard InChI is InChI=1S/C28H26BrN5O2S/c1-16-13-18(15-30)14-17(2)24(16)36-27-25-23(11-12-37-25)33-28(34-27)32-22-9-7-21(8-10-22)31-26(35)19-3-5-20(29)6-4-19/h3-6,11-14,21-22H,7-10H2,1-2H3,(H,31,35)(H,32,33,34). The molecule has 7 nitrogen and oxygen atoms in total. The van der Waals surface area contributed by atoms with E-state index >= 15 is 0 Å². The van der Waals surface area contributed by atoms with Gasteiger partial charge in [-0.15, -0.1) is 11.3 Å². The molecule has 0 bridgehead atoms. The molecule has 2 aromatic carbocycles. The molecule has 1 saturated carbocycles. The van der Waals surface area contributed by atoms with Crippen LogP contribution >= 0.6 is 27.3 Å². The summed E-state index contributed by atoms with van der Waals surface area (Å²) in [6.07, 6.45) is 3.57. The van der Waals surface area contributed by atoms with Gasteiger partial charge < -0.3 is 15.4 Å². The molecule has 0 aliphatic heterocycles. The Morgan fingerprint density at radius 1 is 1.05 bits per heavy atom. The minimum atomic E-state index is -0.0367. The fourth-order valence-electron chi connectivity index (χ4n) is 4.68. The van der Waals surface area contributed by atoms with E-state index in [4.69, 9.17) is 14.7 Å². The molecular formula is C28H26BrN5O2S. The predicted octanol–water partition coefficient (Wildman–Crippen LogP) is 6.89. The van der Waals surface area contributed by atoms with Crippen LogP contribution in [0.5, 0.6) is 11.6 Å². The number of nitrogens with one attached hydrogen (secondary N) is 2. The molecular weight excluding hydrogens is 550 g/mol. The molecule has 0 spiro atoms. The first kappa shape index (κ1) is 25.2. The fourth-order valence-corrected chi connectivity index (χ4v) is 5.70. The molecule has 4 aromatic rings. The molecule has 37 heavy (non-hydrogen) atoms. The largest absolute Gasteiger partial charge is 0.437 e. The van der Waals surface area contributed by atoms with Crippen molar-refractivity contribution in [1.82, 2.24) is 15.3 Å². The van der Waals surface area contributed by atoms with Gasteiger partial charge in [0.2, 0.25) is 11.8 Å². The van der Waals surface area contributed by atoms with Crippen molar-refractivity contribution in [3.63, 3.8) is 0 Å². The van der Waals surface area contributed by atoms with Crippen molar-refractivity contribution in [2.45, 2.75) is 51.6 Å². The summed E-state index contributed by atoms with van der Waals surface area (Å²) in [5.41, 5.74) is 3.88. The zero-order chi connectivity index (χ0) is 25.9. The lowest BCUT2D eigenvalue weighted by molar-refractivity contribution is 0.0926. The third-order valence-electron chi connectivity index (χ3n) is 6.56. The zero-order valence-electron chi connectivity index (χ0n) is 20.5. The smallest absolute Gasteiger partial charge is 0.251 e. The number of benzene rings is 2. The molecule has 2 aromatic heterocycles. The van der Waals surface area contributed by atoms with E-state index in [9.17, 15) is 10.1 Å². The first-order chi connectivity index (χ1) is 17.9. The van der Waals surface area contributed by atoms with Crippen molar-refractivity contribution in [3.05, 3.63) is 74.6 Å². The van der Waals surface area contributed by atoms with Gasteiger partial charge in [-0.3, -0.25) is 4.79 Å². The molecule has 1 aliphatic rings. The summed E-state index contributed by atoms with van der Waals surface area (Å²) in [4.78, 5) is 22.0. The number of nitriles is 1. The van der Waals surface area contributed by atoms with Crippen LogP contribution in [0.25, 0.3) is 10.2 Å². The highest BCUT2D eigenvalue weighted by molar-refractivity contribution is 9.10. The van der Waals surface area contributed by atoms with Gasteiger partial charge in [0.1, 0.15) is 10.4 Å². The molecule has 0 atom stereocenters. The fraction of sp³-hybridized carbons (Fsp3) is 0.286. The number of carbonyl (C=O) groups excluding carboxylic acids is 1. The minimum Gasteiger partial charge on any atom is -0.437 e. The van der Waals surface area contributed by atoms with Crippen LogP contribution in [0.3, 0.4) is 0 Å². The lowest BCUT2D eigenvalue weighted by atomic mass is 9.91. The second-order valence-electron chi connectivity index (χ2n) is 9.31. The summed E-state index contributed by atoms with van der Waals surface area (Å²) in [7, 11) is 0. The van der Waals surface area contributed by atoms with Gasteiger partial charge in [-0.1, -0.05) is 15.9 Å². The number of nitrogens with zero attached hydrogens (tertiary/aromatic N) is 3. The third kappa shape index (κ3) is 5.76. The lowest BCUT2D eigenvalue weighted by Crippen LogP contribution is -2.40. The van der Waals surface area contributed by atoms with Gasteiger partial charge in [0, 0.05) is 22.1 Å². The number of aryl methyl sites for hydroxylation is 2. The Hall–Kier alpha value is -3.48. The Labute approximate surface area is 228 Å². The lowest BCUT2D eigenvalue weighted by Gasteiger charge is -2.29. The van der Waals surface area contributed by atoms with Crippen LogP contribution in [-0.2, 0) is 0 Å². The maximum atomic E-state index is 12.6. The van der Waals surface area contributed by atoms with Crippen LogP contribution in [0.4, 0.5) is 5.95 Å². The summed E-state index contributed by atoms with van der Waals surface area (Å²) in [6.45, 7) is 3.87. The maximum absolute atomic E-state index is 12.6. The Bertz CT molecular complexity index is 1460. The van der Waals surface area contributed by atoms with Gasteiger partial charge in [0.05, 0.1) is 17.1 Å². The van der Waals surface area contributed by atoms with Crippen LogP contribution < -0.4 is 15.4 Å². The number of carbonyl (C=O) groups is 1. The highest BCUT2D eigenvalue weighted by Gasteiger charge is 2.24. The number of aromatic nitrogens is 2.